The van der Waals surface area contributed by atoms with Gasteiger partial charge in [-0.3, -0.25) is 4.55 Å². The van der Waals surface area contributed by atoms with Crippen LogP contribution in [-0.2, 0) is 15.5 Å². The fourth-order valence-electron chi connectivity index (χ4n) is 2.06. The van der Waals surface area contributed by atoms with Gasteiger partial charge in [0.15, 0.2) is 0 Å². The third-order valence-electron chi connectivity index (χ3n) is 3.26. The molecule has 1 N–H and O–H groups in total. The molecule has 0 heterocycles. The maximum absolute atomic E-state index is 11.4. The van der Waals surface area contributed by atoms with Crippen LogP contribution in [0.3, 0.4) is 0 Å². The van der Waals surface area contributed by atoms with E-state index in [0.717, 1.165) is 21.9 Å². The minimum atomic E-state index is -4.12. The second-order valence-corrected chi connectivity index (χ2v) is 7.91. The van der Waals surface area contributed by atoms with Crippen LogP contribution in [0.4, 0.5) is 0 Å². The van der Waals surface area contributed by atoms with E-state index < -0.39 is 10.1 Å². The van der Waals surface area contributed by atoms with Crippen LogP contribution in [0.5, 0.6) is 0 Å². The minimum absolute atomic E-state index is 0.0807. The highest BCUT2D eigenvalue weighted by Gasteiger charge is 2.23. The van der Waals surface area contributed by atoms with Crippen molar-refractivity contribution in [3.63, 3.8) is 0 Å². The molecule has 0 aliphatic heterocycles. The fraction of sp³-hybridized carbons (Fsp3) is 0.500. The van der Waals surface area contributed by atoms with Gasteiger partial charge >= 0.3 is 0 Å². The molecule has 96 valence electrons. The summed E-state index contributed by atoms with van der Waals surface area (Å²) in [7, 11) is -3.52. The topological polar surface area (TPSA) is 54.4 Å². The Balaban J connectivity index is 3.75. The molecular weight excluding hydrogens is 252 g/mol. The first kappa shape index (κ1) is 14.4. The summed E-state index contributed by atoms with van der Waals surface area (Å²) in [6, 6.07) is 1.62. The van der Waals surface area contributed by atoms with Gasteiger partial charge in [0.2, 0.25) is 0 Å². The summed E-state index contributed by atoms with van der Waals surface area (Å²) in [5.74, 6) is 0. The average Bonchev–Trinajstić information content (AvgIpc) is 2.10. The Morgan fingerprint density at radius 3 is 2.00 bits per heavy atom. The van der Waals surface area contributed by atoms with Crippen LogP contribution in [0, 0.1) is 13.8 Å². The highest BCUT2D eigenvalue weighted by Crippen LogP contribution is 2.28. The molecule has 0 saturated carbocycles. The van der Waals surface area contributed by atoms with E-state index in [1.54, 1.807) is 6.07 Å². The molecule has 0 unspecified atom stereocenters. The lowest BCUT2D eigenvalue weighted by Gasteiger charge is -2.25. The minimum Gasteiger partial charge on any atom is -0.282 e. The third-order valence-corrected chi connectivity index (χ3v) is 5.89. The molecular formula is C12H20O3SSi. The van der Waals surface area contributed by atoms with Crippen LogP contribution in [0.2, 0.25) is 0 Å². The highest BCUT2D eigenvalue weighted by atomic mass is 32.2. The van der Waals surface area contributed by atoms with Crippen LogP contribution in [0.1, 0.15) is 37.5 Å². The molecule has 0 spiro atoms. The summed E-state index contributed by atoms with van der Waals surface area (Å²) < 4.78 is 32.0. The maximum atomic E-state index is 11.4. The van der Waals surface area contributed by atoms with E-state index in [1.165, 1.54) is 0 Å². The Labute approximate surface area is 106 Å². The monoisotopic (exact) mass is 272 g/mol. The van der Waals surface area contributed by atoms with Crippen molar-refractivity contribution in [2.24, 2.45) is 0 Å². The zero-order valence-corrected chi connectivity index (χ0v) is 14.1. The van der Waals surface area contributed by atoms with Gasteiger partial charge in [0, 0.05) is 10.2 Å². The molecule has 0 saturated heterocycles. The zero-order chi connectivity index (χ0) is 13.6. The first-order valence-electron chi connectivity index (χ1n) is 5.55. The summed E-state index contributed by atoms with van der Waals surface area (Å²) >= 11 is 0. The van der Waals surface area contributed by atoms with Crippen molar-refractivity contribution in [2.75, 3.05) is 0 Å². The normalized spacial score (nSPS) is 13.1. The average molecular weight is 272 g/mol. The molecule has 17 heavy (non-hydrogen) atoms. The number of benzene rings is 1. The quantitative estimate of drug-likeness (QED) is 0.609. The Bertz CT molecular complexity index is 554. The standard InChI is InChI=1S/C12H20O3SSi/c1-7-8(2)11(17)10(16(13,14)15)6-9(7)12(3,4)5/h6H,1-5,17H3,(H,13,14,15). The van der Waals surface area contributed by atoms with Crippen LogP contribution in [0.15, 0.2) is 11.0 Å². The Morgan fingerprint density at radius 1 is 1.18 bits per heavy atom. The summed E-state index contributed by atoms with van der Waals surface area (Å²) in [5, 5.41) is 0.762. The maximum Gasteiger partial charge on any atom is 0.294 e. The summed E-state index contributed by atoms with van der Waals surface area (Å²) in [6.07, 6.45) is 0. The van der Waals surface area contributed by atoms with E-state index in [4.69, 9.17) is 0 Å². The van der Waals surface area contributed by atoms with Gasteiger partial charge < -0.3 is 0 Å². The molecule has 1 aromatic carbocycles. The first-order chi connectivity index (χ1) is 7.46. The lowest BCUT2D eigenvalue weighted by atomic mass is 9.83. The Kier molecular flexibility index (Phi) is 3.58. The van der Waals surface area contributed by atoms with E-state index >= 15 is 0 Å². The van der Waals surface area contributed by atoms with Crippen LogP contribution in [0.25, 0.3) is 0 Å². The lowest BCUT2D eigenvalue weighted by Crippen LogP contribution is -2.24. The van der Waals surface area contributed by atoms with Gasteiger partial charge in [0.25, 0.3) is 10.1 Å². The van der Waals surface area contributed by atoms with E-state index in [1.807, 2.05) is 34.6 Å². The predicted molar refractivity (Wildman–Crippen MR) is 74.0 cm³/mol. The molecule has 0 radical (unpaired) electrons. The molecule has 0 bridgehead atoms. The van der Waals surface area contributed by atoms with Crippen molar-refractivity contribution in [2.45, 2.75) is 44.9 Å². The second kappa shape index (κ2) is 4.22. The second-order valence-electron chi connectivity index (χ2n) is 5.52. The van der Waals surface area contributed by atoms with Gasteiger partial charge in [-0.05, 0) is 47.2 Å². The fourth-order valence-corrected chi connectivity index (χ4v) is 4.16. The summed E-state index contributed by atoms with van der Waals surface area (Å²) in [4.78, 5) is 0.0807. The summed E-state index contributed by atoms with van der Waals surface area (Å²) in [6.45, 7) is 10.0. The van der Waals surface area contributed by atoms with Gasteiger partial charge in [-0.1, -0.05) is 20.8 Å². The first-order valence-corrected chi connectivity index (χ1v) is 7.99. The Morgan fingerprint density at radius 2 is 1.65 bits per heavy atom. The van der Waals surface area contributed by atoms with E-state index in [-0.39, 0.29) is 10.3 Å². The Hall–Kier alpha value is -0.653. The summed E-state index contributed by atoms with van der Waals surface area (Å²) in [5.41, 5.74) is 2.94. The van der Waals surface area contributed by atoms with E-state index in [0.29, 0.717) is 10.2 Å². The van der Waals surface area contributed by atoms with Gasteiger partial charge in [0.1, 0.15) is 0 Å². The van der Waals surface area contributed by atoms with Crippen molar-refractivity contribution in [3.8, 4) is 0 Å². The molecule has 0 aliphatic carbocycles. The number of hydrogen-bond donors (Lipinski definition) is 1. The third kappa shape index (κ3) is 2.78. The van der Waals surface area contributed by atoms with Crippen molar-refractivity contribution in [3.05, 3.63) is 22.8 Å². The van der Waals surface area contributed by atoms with Crippen molar-refractivity contribution in [1.29, 1.82) is 0 Å². The molecule has 0 atom stereocenters. The van der Waals surface area contributed by atoms with E-state index in [2.05, 4.69) is 0 Å². The van der Waals surface area contributed by atoms with Crippen LogP contribution in [-0.4, -0.2) is 23.2 Å². The van der Waals surface area contributed by atoms with Crippen molar-refractivity contribution >= 4 is 25.5 Å². The molecule has 1 rings (SSSR count). The zero-order valence-electron chi connectivity index (χ0n) is 11.2. The van der Waals surface area contributed by atoms with Gasteiger partial charge in [-0.25, -0.2) is 0 Å². The lowest BCUT2D eigenvalue weighted by molar-refractivity contribution is 0.483. The van der Waals surface area contributed by atoms with Crippen molar-refractivity contribution < 1.29 is 13.0 Å². The van der Waals surface area contributed by atoms with Gasteiger partial charge in [-0.15, -0.1) is 0 Å². The van der Waals surface area contributed by atoms with Crippen molar-refractivity contribution in [1.82, 2.24) is 0 Å². The highest BCUT2D eigenvalue weighted by molar-refractivity contribution is 7.86. The molecule has 0 aromatic heterocycles. The van der Waals surface area contributed by atoms with Gasteiger partial charge in [0.05, 0.1) is 4.90 Å². The molecule has 5 heteroatoms. The molecule has 3 nitrogen and oxygen atoms in total. The smallest absolute Gasteiger partial charge is 0.282 e. The molecule has 0 aliphatic rings. The predicted octanol–water partition coefficient (Wildman–Crippen LogP) is 0.838. The molecule has 0 fully saturated rings. The largest absolute Gasteiger partial charge is 0.294 e. The van der Waals surface area contributed by atoms with Crippen LogP contribution >= 0.6 is 0 Å². The van der Waals surface area contributed by atoms with E-state index in [9.17, 15) is 13.0 Å². The molecule has 0 amide bonds. The number of hydrogen-bond acceptors (Lipinski definition) is 2. The van der Waals surface area contributed by atoms with Gasteiger partial charge in [-0.2, -0.15) is 8.42 Å². The number of rotatable bonds is 1. The van der Waals surface area contributed by atoms with Crippen LogP contribution < -0.4 is 5.19 Å². The SMILES string of the molecule is Cc1c(C(C)(C)C)cc(S(=O)(=O)O)c([SiH3])c1C. The molecule has 1 aromatic rings.